The van der Waals surface area contributed by atoms with E-state index in [1.54, 1.807) is 39.0 Å². The lowest BCUT2D eigenvalue weighted by Crippen LogP contribution is -2.54. The average Bonchev–Trinajstić information content (AvgIpc) is 2.47. The summed E-state index contributed by atoms with van der Waals surface area (Å²) in [4.78, 5) is 29.5. The molecule has 0 saturated carbocycles. The van der Waals surface area contributed by atoms with Crippen LogP contribution in [0.2, 0.25) is 0 Å². The number of hydrogen-bond acceptors (Lipinski definition) is 4. The highest BCUT2D eigenvalue weighted by Crippen LogP contribution is 2.18. The molecular weight excluding hydrogens is 381 g/mol. The van der Waals surface area contributed by atoms with Gasteiger partial charge in [-0.1, -0.05) is 6.07 Å². The number of pyridine rings is 1. The van der Waals surface area contributed by atoms with Crippen LogP contribution in [0.4, 0.5) is 9.18 Å². The largest absolute Gasteiger partial charge is 0.444 e. The molecule has 1 fully saturated rings. The van der Waals surface area contributed by atoms with Crippen molar-refractivity contribution in [3.8, 4) is 0 Å². The molecule has 0 radical (unpaired) electrons. The zero-order valence-electron chi connectivity index (χ0n) is 13.9. The normalized spacial score (nSPS) is 21.3. The van der Waals surface area contributed by atoms with Crippen molar-refractivity contribution in [2.45, 2.75) is 45.0 Å². The summed E-state index contributed by atoms with van der Waals surface area (Å²) < 4.78 is 20.1. The molecule has 6 nitrogen and oxygen atoms in total. The van der Waals surface area contributed by atoms with Gasteiger partial charge in [0.05, 0.1) is 12.6 Å². The van der Waals surface area contributed by atoms with Crippen molar-refractivity contribution in [3.63, 3.8) is 0 Å². The molecule has 0 bridgehead atoms. The molecule has 8 heteroatoms. The minimum Gasteiger partial charge on any atom is -0.444 e. The first-order valence-electron chi connectivity index (χ1n) is 7.71. The first-order valence-corrected chi connectivity index (χ1v) is 8.50. The summed E-state index contributed by atoms with van der Waals surface area (Å²) in [5.41, 5.74) is -0.411. The summed E-state index contributed by atoms with van der Waals surface area (Å²) in [6, 6.07) is 4.29. The van der Waals surface area contributed by atoms with E-state index >= 15 is 0 Å². The monoisotopic (exact) mass is 401 g/mol. The molecule has 1 N–H and O–H groups in total. The molecule has 2 heterocycles. The minimum atomic E-state index is -1.36. The summed E-state index contributed by atoms with van der Waals surface area (Å²) in [5.74, 6) is -0.435. The van der Waals surface area contributed by atoms with Gasteiger partial charge < -0.3 is 15.0 Å². The third kappa shape index (κ3) is 5.15. The maximum absolute atomic E-state index is 14.4. The SMILES string of the molecule is CC(C)(C)OC(=O)N1CC[C@@H](NC(=O)c2cccc(Br)n2)[C@H](F)C1. The number of piperidine rings is 1. The van der Waals surface area contributed by atoms with Crippen LogP contribution in [0, 0.1) is 0 Å². The van der Waals surface area contributed by atoms with Gasteiger partial charge in [-0.05, 0) is 55.3 Å². The van der Waals surface area contributed by atoms with E-state index in [9.17, 15) is 14.0 Å². The number of likely N-dealkylation sites (tertiary alicyclic amines) is 1. The van der Waals surface area contributed by atoms with Crippen molar-refractivity contribution in [1.82, 2.24) is 15.2 Å². The molecule has 0 unspecified atom stereocenters. The van der Waals surface area contributed by atoms with Crippen LogP contribution in [0.3, 0.4) is 0 Å². The van der Waals surface area contributed by atoms with Crippen LogP contribution in [0.15, 0.2) is 22.8 Å². The maximum Gasteiger partial charge on any atom is 0.410 e. The Labute approximate surface area is 148 Å². The number of hydrogen-bond donors (Lipinski definition) is 1. The molecule has 0 aliphatic carbocycles. The molecule has 1 aliphatic rings. The minimum absolute atomic E-state index is 0.105. The number of nitrogens with zero attached hydrogens (tertiary/aromatic N) is 2. The number of rotatable bonds is 2. The zero-order valence-corrected chi connectivity index (χ0v) is 15.5. The van der Waals surface area contributed by atoms with E-state index in [1.165, 1.54) is 4.90 Å². The highest BCUT2D eigenvalue weighted by atomic mass is 79.9. The fourth-order valence-corrected chi connectivity index (χ4v) is 2.68. The lowest BCUT2D eigenvalue weighted by Gasteiger charge is -2.35. The number of carbonyl (C=O) groups excluding carboxylic acids is 2. The zero-order chi connectivity index (χ0) is 17.9. The number of ether oxygens (including phenoxy) is 1. The second kappa shape index (κ2) is 7.46. The number of amides is 2. The van der Waals surface area contributed by atoms with Gasteiger partial charge in [-0.15, -0.1) is 0 Å². The van der Waals surface area contributed by atoms with Gasteiger partial charge in [-0.25, -0.2) is 14.2 Å². The van der Waals surface area contributed by atoms with E-state index in [0.29, 0.717) is 17.6 Å². The van der Waals surface area contributed by atoms with Gasteiger partial charge >= 0.3 is 6.09 Å². The van der Waals surface area contributed by atoms with Crippen LogP contribution in [0.25, 0.3) is 0 Å². The Morgan fingerprint density at radius 3 is 2.71 bits per heavy atom. The number of carbonyl (C=O) groups is 2. The highest BCUT2D eigenvalue weighted by Gasteiger charge is 2.34. The Bertz CT molecular complexity index is 621. The van der Waals surface area contributed by atoms with Gasteiger partial charge in [0.1, 0.15) is 22.1 Å². The quantitative estimate of drug-likeness (QED) is 0.773. The molecular formula is C16H21BrFN3O3. The molecule has 1 saturated heterocycles. The van der Waals surface area contributed by atoms with Gasteiger partial charge in [0.25, 0.3) is 5.91 Å². The van der Waals surface area contributed by atoms with E-state index in [2.05, 4.69) is 26.2 Å². The van der Waals surface area contributed by atoms with E-state index < -0.39 is 29.8 Å². The number of halogens is 2. The van der Waals surface area contributed by atoms with Gasteiger partial charge in [0, 0.05) is 6.54 Å². The second-order valence-corrected chi connectivity index (χ2v) is 7.47. The maximum atomic E-state index is 14.4. The van der Waals surface area contributed by atoms with E-state index in [1.807, 2.05) is 0 Å². The van der Waals surface area contributed by atoms with E-state index in [0.717, 1.165) is 0 Å². The smallest absolute Gasteiger partial charge is 0.410 e. The summed E-state index contributed by atoms with van der Waals surface area (Å²) >= 11 is 3.19. The van der Waals surface area contributed by atoms with Crippen molar-refractivity contribution >= 4 is 27.9 Å². The third-order valence-corrected chi connectivity index (χ3v) is 3.90. The van der Waals surface area contributed by atoms with Crippen LogP contribution < -0.4 is 5.32 Å². The fraction of sp³-hybridized carbons (Fsp3) is 0.562. The standard InChI is InChI=1S/C16H21BrFN3O3/c1-16(2,3)24-15(23)21-8-7-11(10(18)9-21)20-14(22)12-5-4-6-13(17)19-12/h4-6,10-11H,7-9H2,1-3H3,(H,20,22)/t10-,11-/m1/s1. The van der Waals surface area contributed by atoms with Crippen LogP contribution >= 0.6 is 15.9 Å². The van der Waals surface area contributed by atoms with Gasteiger partial charge in [-0.2, -0.15) is 0 Å². The van der Waals surface area contributed by atoms with E-state index in [-0.39, 0.29) is 12.2 Å². The summed E-state index contributed by atoms with van der Waals surface area (Å²) in [7, 11) is 0. The van der Waals surface area contributed by atoms with Gasteiger partial charge in [0.2, 0.25) is 0 Å². The molecule has 1 aromatic rings. The Balaban J connectivity index is 1.92. The van der Waals surface area contributed by atoms with Crippen molar-refractivity contribution in [2.24, 2.45) is 0 Å². The second-order valence-electron chi connectivity index (χ2n) is 6.66. The molecule has 2 rings (SSSR count). The van der Waals surface area contributed by atoms with Gasteiger partial charge in [0.15, 0.2) is 0 Å². The van der Waals surface area contributed by atoms with Gasteiger partial charge in [-0.3, -0.25) is 4.79 Å². The van der Waals surface area contributed by atoms with Crippen molar-refractivity contribution < 1.29 is 18.7 Å². The molecule has 24 heavy (non-hydrogen) atoms. The predicted octanol–water partition coefficient (Wildman–Crippen LogP) is 2.92. The van der Waals surface area contributed by atoms with Crippen LogP contribution in [-0.4, -0.2) is 52.8 Å². The molecule has 0 spiro atoms. The highest BCUT2D eigenvalue weighted by molar-refractivity contribution is 9.10. The van der Waals surface area contributed by atoms with Crippen molar-refractivity contribution in [2.75, 3.05) is 13.1 Å². The topological polar surface area (TPSA) is 71.5 Å². The Hall–Kier alpha value is -1.70. The molecule has 2 amide bonds. The number of aromatic nitrogens is 1. The molecule has 0 aromatic carbocycles. The summed E-state index contributed by atoms with van der Waals surface area (Å²) in [6.45, 7) is 5.50. The van der Waals surface area contributed by atoms with E-state index in [4.69, 9.17) is 4.74 Å². The summed E-state index contributed by atoms with van der Waals surface area (Å²) in [6.07, 6.45) is -1.58. The number of alkyl halides is 1. The molecule has 2 atom stereocenters. The number of nitrogens with one attached hydrogen (secondary N) is 1. The summed E-state index contributed by atoms with van der Waals surface area (Å²) in [5, 5.41) is 2.64. The molecule has 132 valence electrons. The Morgan fingerprint density at radius 1 is 1.42 bits per heavy atom. The lowest BCUT2D eigenvalue weighted by molar-refractivity contribution is 0.00970. The molecule has 1 aliphatic heterocycles. The lowest BCUT2D eigenvalue weighted by atomic mass is 10.0. The Morgan fingerprint density at radius 2 is 2.12 bits per heavy atom. The van der Waals surface area contributed by atoms with Crippen LogP contribution in [-0.2, 0) is 4.74 Å². The predicted molar refractivity (Wildman–Crippen MR) is 90.5 cm³/mol. The Kier molecular flexibility index (Phi) is 5.79. The van der Waals surface area contributed by atoms with Crippen molar-refractivity contribution in [3.05, 3.63) is 28.5 Å². The first-order chi connectivity index (χ1) is 11.2. The fourth-order valence-electron chi connectivity index (χ4n) is 2.34. The molecule has 1 aromatic heterocycles. The van der Waals surface area contributed by atoms with Crippen LogP contribution in [0.5, 0.6) is 0 Å². The average molecular weight is 402 g/mol. The van der Waals surface area contributed by atoms with Crippen molar-refractivity contribution in [1.29, 1.82) is 0 Å². The van der Waals surface area contributed by atoms with Crippen LogP contribution in [0.1, 0.15) is 37.7 Å². The first kappa shape index (κ1) is 18.6. The third-order valence-electron chi connectivity index (χ3n) is 3.46.